The van der Waals surface area contributed by atoms with Crippen molar-refractivity contribution in [2.24, 2.45) is 0 Å². The van der Waals surface area contributed by atoms with Gasteiger partial charge in [0.2, 0.25) is 0 Å². The van der Waals surface area contributed by atoms with Gasteiger partial charge < -0.3 is 19.1 Å². The fourth-order valence-electron chi connectivity index (χ4n) is 7.30. The van der Waals surface area contributed by atoms with Gasteiger partial charge in [0.25, 0.3) is 0 Å². The number of amides is 1. The van der Waals surface area contributed by atoms with Gasteiger partial charge in [0.05, 0.1) is 35.4 Å². The number of pyridine rings is 1. The summed E-state index contributed by atoms with van der Waals surface area (Å²) in [4.78, 5) is 32.7. The van der Waals surface area contributed by atoms with Crippen LogP contribution in [0.15, 0.2) is 18.1 Å². The summed E-state index contributed by atoms with van der Waals surface area (Å²) in [7, 11) is 1.61. The summed E-state index contributed by atoms with van der Waals surface area (Å²) in [6.07, 6.45) is 5.68. The second-order valence-electron chi connectivity index (χ2n) is 13.0. The number of halogens is 3. The van der Waals surface area contributed by atoms with E-state index in [1.165, 1.54) is 6.20 Å². The molecular weight excluding hydrogens is 570 g/mol. The van der Waals surface area contributed by atoms with Gasteiger partial charge in [-0.15, -0.1) is 0 Å². The number of fused-ring (bicyclic) bond motifs is 4. The second-order valence-corrected chi connectivity index (χ2v) is 13.4. The SMILES string of the molecule is COCC12CCC(CN(c3nc(OCC45CCCN4C/C(=C\F)C5)nc4c(F)c(Cl)ncc34)C1)N2C(=O)OC(C)(C)C. The Morgan fingerprint density at radius 3 is 2.79 bits per heavy atom. The van der Waals surface area contributed by atoms with Crippen molar-refractivity contribution in [2.75, 3.05) is 51.4 Å². The number of carbonyl (C=O) groups is 1. The summed E-state index contributed by atoms with van der Waals surface area (Å²) in [6, 6.07) is -0.154. The lowest BCUT2D eigenvalue weighted by Crippen LogP contribution is -2.66. The minimum atomic E-state index is -0.756. The van der Waals surface area contributed by atoms with Crippen LogP contribution >= 0.6 is 11.6 Å². The van der Waals surface area contributed by atoms with Gasteiger partial charge in [-0.05, 0) is 65.0 Å². The fourth-order valence-corrected chi connectivity index (χ4v) is 7.44. The topological polar surface area (TPSA) is 93.2 Å². The highest BCUT2D eigenvalue weighted by Gasteiger charge is 2.55. The zero-order valence-corrected chi connectivity index (χ0v) is 25.2. The Balaban J connectivity index is 1.35. The molecule has 0 saturated carbocycles. The lowest BCUT2D eigenvalue weighted by Gasteiger charge is -2.49. The molecule has 0 aliphatic carbocycles. The minimum absolute atomic E-state index is 0.00857. The van der Waals surface area contributed by atoms with Crippen LogP contribution in [0.1, 0.15) is 52.9 Å². The molecule has 6 heterocycles. The zero-order valence-electron chi connectivity index (χ0n) is 24.5. The normalized spacial score (nSPS) is 28.6. The third-order valence-corrected chi connectivity index (χ3v) is 9.22. The molecule has 228 valence electrons. The monoisotopic (exact) mass is 606 g/mol. The molecule has 0 radical (unpaired) electrons. The van der Waals surface area contributed by atoms with Crippen LogP contribution in [0.25, 0.3) is 10.9 Å². The first-order chi connectivity index (χ1) is 20.0. The van der Waals surface area contributed by atoms with Crippen molar-refractivity contribution < 1.29 is 27.8 Å². The molecule has 2 aromatic heterocycles. The van der Waals surface area contributed by atoms with Crippen LogP contribution in [0.5, 0.6) is 6.01 Å². The van der Waals surface area contributed by atoms with Crippen LogP contribution in [-0.4, -0.2) is 100 Å². The molecule has 1 amide bonds. The fraction of sp³-hybridized carbons (Fsp3) is 0.655. The summed E-state index contributed by atoms with van der Waals surface area (Å²) in [5.74, 6) is -0.306. The summed E-state index contributed by atoms with van der Waals surface area (Å²) in [6.45, 7) is 8.35. The summed E-state index contributed by atoms with van der Waals surface area (Å²) in [5, 5.41) is 0.101. The number of nitrogens with zero attached hydrogens (tertiary/aromatic N) is 6. The Hall–Kier alpha value is -2.83. The van der Waals surface area contributed by atoms with Crippen molar-refractivity contribution in [3.05, 3.63) is 29.1 Å². The maximum absolute atomic E-state index is 15.4. The first-order valence-corrected chi connectivity index (χ1v) is 14.8. The van der Waals surface area contributed by atoms with Crippen molar-refractivity contribution in [1.82, 2.24) is 24.8 Å². The van der Waals surface area contributed by atoms with Gasteiger partial charge >= 0.3 is 12.1 Å². The molecule has 6 rings (SSSR count). The molecule has 0 aromatic carbocycles. The Morgan fingerprint density at radius 1 is 1.24 bits per heavy atom. The Bertz CT molecular complexity index is 1420. The smallest absolute Gasteiger partial charge is 0.411 e. The van der Waals surface area contributed by atoms with E-state index in [4.69, 9.17) is 30.8 Å². The van der Waals surface area contributed by atoms with E-state index in [1.807, 2.05) is 30.6 Å². The maximum atomic E-state index is 15.4. The van der Waals surface area contributed by atoms with E-state index in [9.17, 15) is 9.18 Å². The molecule has 3 unspecified atom stereocenters. The molecule has 3 atom stereocenters. The molecule has 0 N–H and O–H groups in total. The van der Waals surface area contributed by atoms with Gasteiger partial charge in [-0.25, -0.2) is 18.6 Å². The average molecular weight is 607 g/mol. The predicted molar refractivity (Wildman–Crippen MR) is 153 cm³/mol. The van der Waals surface area contributed by atoms with E-state index in [2.05, 4.69) is 14.9 Å². The molecule has 13 heteroatoms. The molecule has 42 heavy (non-hydrogen) atoms. The number of carbonyl (C=O) groups excluding carboxylic acids is 1. The third-order valence-electron chi connectivity index (χ3n) is 8.95. The minimum Gasteiger partial charge on any atom is -0.461 e. The molecule has 0 spiro atoms. The number of rotatable bonds is 6. The summed E-state index contributed by atoms with van der Waals surface area (Å²) < 4.78 is 46.4. The largest absolute Gasteiger partial charge is 0.461 e. The van der Waals surface area contributed by atoms with Crippen molar-refractivity contribution in [3.8, 4) is 6.01 Å². The van der Waals surface area contributed by atoms with E-state index < -0.39 is 17.0 Å². The summed E-state index contributed by atoms with van der Waals surface area (Å²) >= 11 is 6.07. The van der Waals surface area contributed by atoms with Crippen molar-refractivity contribution in [1.29, 1.82) is 0 Å². The van der Waals surface area contributed by atoms with E-state index in [-0.39, 0.29) is 41.0 Å². The molecule has 4 aliphatic heterocycles. The number of methoxy groups -OCH3 is 1. The average Bonchev–Trinajstić information content (AvgIpc) is 3.55. The first kappa shape index (κ1) is 29.3. The number of hydrogen-bond donors (Lipinski definition) is 0. The van der Waals surface area contributed by atoms with Crippen LogP contribution < -0.4 is 9.64 Å². The van der Waals surface area contributed by atoms with Crippen molar-refractivity contribution >= 4 is 34.4 Å². The highest BCUT2D eigenvalue weighted by Crippen LogP contribution is 2.44. The highest BCUT2D eigenvalue weighted by atomic mass is 35.5. The van der Waals surface area contributed by atoms with Gasteiger partial charge in [0.15, 0.2) is 11.0 Å². The highest BCUT2D eigenvalue weighted by molar-refractivity contribution is 6.30. The van der Waals surface area contributed by atoms with Crippen LogP contribution in [0.2, 0.25) is 5.15 Å². The molecular formula is C29H37ClF2N6O4. The van der Waals surface area contributed by atoms with Crippen molar-refractivity contribution in [3.63, 3.8) is 0 Å². The number of piperazine rings is 1. The number of hydrogen-bond acceptors (Lipinski definition) is 9. The molecule has 4 aliphatic rings. The lowest BCUT2D eigenvalue weighted by molar-refractivity contribution is -0.0261. The van der Waals surface area contributed by atoms with E-state index in [0.29, 0.717) is 50.2 Å². The van der Waals surface area contributed by atoms with Gasteiger partial charge in [-0.1, -0.05) is 11.6 Å². The van der Waals surface area contributed by atoms with Gasteiger partial charge in [-0.2, -0.15) is 9.97 Å². The van der Waals surface area contributed by atoms with Crippen LogP contribution in [0.3, 0.4) is 0 Å². The lowest BCUT2D eigenvalue weighted by atomic mass is 9.94. The van der Waals surface area contributed by atoms with Crippen molar-refractivity contribution in [2.45, 2.75) is 75.6 Å². The Kier molecular flexibility index (Phi) is 7.46. The Morgan fingerprint density at radius 2 is 2.05 bits per heavy atom. The Labute approximate surface area is 249 Å². The summed E-state index contributed by atoms with van der Waals surface area (Å²) in [5.41, 5.74) is -0.906. The second kappa shape index (κ2) is 10.7. The quantitative estimate of drug-likeness (QED) is 0.426. The number of anilines is 1. The number of aromatic nitrogens is 3. The van der Waals surface area contributed by atoms with Crippen LogP contribution in [0, 0.1) is 5.82 Å². The predicted octanol–water partition coefficient (Wildman–Crippen LogP) is 4.89. The molecule has 4 fully saturated rings. The first-order valence-electron chi connectivity index (χ1n) is 14.4. The van der Waals surface area contributed by atoms with E-state index >= 15 is 4.39 Å². The van der Waals surface area contributed by atoms with Crippen LogP contribution in [-0.2, 0) is 9.47 Å². The number of ether oxygens (including phenoxy) is 3. The molecule has 10 nitrogen and oxygen atoms in total. The molecule has 2 aromatic rings. The third kappa shape index (κ3) is 5.05. The zero-order chi connectivity index (χ0) is 29.9. The standard InChI is InChI=1S/C29H37ClF2N6O4/c1-27(2,3)42-26(39)38-19-6-8-29(38,16-40-4)15-36(14-19)24-20-12-33-23(30)21(32)22(20)34-25(35-24)41-17-28-7-5-9-37(28)13-18(10-28)11-31/h11-12,19H,5-10,13-17H2,1-4H3/b18-11-. The van der Waals surface area contributed by atoms with E-state index in [1.54, 1.807) is 7.11 Å². The molecule has 2 bridgehead atoms. The van der Waals surface area contributed by atoms with E-state index in [0.717, 1.165) is 37.8 Å². The van der Waals surface area contributed by atoms with Gasteiger partial charge in [0, 0.05) is 32.9 Å². The van der Waals surface area contributed by atoms with Gasteiger partial charge in [0.1, 0.15) is 23.5 Å². The van der Waals surface area contributed by atoms with Crippen LogP contribution in [0.4, 0.5) is 19.4 Å². The maximum Gasteiger partial charge on any atom is 0.411 e. The molecule has 4 saturated heterocycles. The van der Waals surface area contributed by atoms with Gasteiger partial charge in [-0.3, -0.25) is 9.80 Å².